The Bertz CT molecular complexity index is 656. The van der Waals surface area contributed by atoms with Gasteiger partial charge in [0, 0.05) is 11.9 Å². The summed E-state index contributed by atoms with van der Waals surface area (Å²) in [6.07, 6.45) is 1.95. The number of anilines is 1. The minimum absolute atomic E-state index is 0.0479. The van der Waals surface area contributed by atoms with Crippen LogP contribution in [0, 0.1) is 0 Å². The Morgan fingerprint density at radius 2 is 2.38 bits per heavy atom. The number of nitrogen functional groups attached to an aromatic ring is 1. The molecule has 21 heavy (non-hydrogen) atoms. The van der Waals surface area contributed by atoms with E-state index in [1.54, 1.807) is 12.5 Å². The van der Waals surface area contributed by atoms with Crippen LogP contribution in [0.2, 0.25) is 0 Å². The van der Waals surface area contributed by atoms with E-state index in [2.05, 4.69) is 4.98 Å². The van der Waals surface area contributed by atoms with E-state index in [0.717, 1.165) is 30.7 Å². The fourth-order valence-electron chi connectivity index (χ4n) is 2.74. The Labute approximate surface area is 127 Å². The second-order valence-electron chi connectivity index (χ2n) is 5.00. The molecule has 0 aliphatic carbocycles. The number of hydrogen-bond acceptors (Lipinski definition) is 5. The highest BCUT2D eigenvalue weighted by Gasteiger charge is 2.31. The molecular weight excluding hydrogens is 286 g/mol. The first-order chi connectivity index (χ1) is 10.2. The molecule has 3 rings (SSSR count). The standard InChI is InChI=1S/C15H17N3O2S/c1-20-11-5-2-4-10(8-11)13-6-3-7-18(13)14(19)12-9-21-15(16)17-12/h2,4-5,8-9,13H,3,6-7H2,1H3,(H2,16,17). The Hall–Kier alpha value is -2.08. The highest BCUT2D eigenvalue weighted by Crippen LogP contribution is 2.34. The fourth-order valence-corrected chi connectivity index (χ4v) is 3.28. The lowest BCUT2D eigenvalue weighted by Gasteiger charge is -2.24. The lowest BCUT2D eigenvalue weighted by atomic mass is 10.0. The van der Waals surface area contributed by atoms with Crippen molar-refractivity contribution in [2.45, 2.75) is 18.9 Å². The van der Waals surface area contributed by atoms with Gasteiger partial charge in [-0.15, -0.1) is 11.3 Å². The molecule has 1 aliphatic heterocycles. The molecule has 1 amide bonds. The van der Waals surface area contributed by atoms with Crippen LogP contribution in [0.1, 0.15) is 34.9 Å². The number of likely N-dealkylation sites (tertiary alicyclic amines) is 1. The molecular formula is C15H17N3O2S. The van der Waals surface area contributed by atoms with Crippen LogP contribution < -0.4 is 10.5 Å². The van der Waals surface area contributed by atoms with Gasteiger partial charge < -0.3 is 15.4 Å². The summed E-state index contributed by atoms with van der Waals surface area (Å²) >= 11 is 1.29. The summed E-state index contributed by atoms with van der Waals surface area (Å²) in [6.45, 7) is 0.748. The number of rotatable bonds is 3. The average molecular weight is 303 g/mol. The van der Waals surface area contributed by atoms with Gasteiger partial charge in [-0.3, -0.25) is 4.79 Å². The quantitative estimate of drug-likeness (QED) is 0.946. The van der Waals surface area contributed by atoms with Gasteiger partial charge in [0.15, 0.2) is 5.13 Å². The van der Waals surface area contributed by atoms with Crippen molar-refractivity contribution in [3.8, 4) is 5.75 Å². The van der Waals surface area contributed by atoms with Gasteiger partial charge in [0.05, 0.1) is 13.2 Å². The van der Waals surface area contributed by atoms with Crippen molar-refractivity contribution >= 4 is 22.4 Å². The smallest absolute Gasteiger partial charge is 0.273 e. The third kappa shape index (κ3) is 2.71. The van der Waals surface area contributed by atoms with Crippen molar-refractivity contribution in [1.82, 2.24) is 9.88 Å². The lowest BCUT2D eigenvalue weighted by Crippen LogP contribution is -2.30. The Morgan fingerprint density at radius 3 is 3.10 bits per heavy atom. The van der Waals surface area contributed by atoms with E-state index in [0.29, 0.717) is 10.8 Å². The maximum atomic E-state index is 12.6. The van der Waals surface area contributed by atoms with Crippen molar-refractivity contribution < 1.29 is 9.53 Å². The molecule has 6 heteroatoms. The molecule has 110 valence electrons. The van der Waals surface area contributed by atoms with Crippen LogP contribution in [0.15, 0.2) is 29.6 Å². The highest BCUT2D eigenvalue weighted by atomic mass is 32.1. The molecule has 0 spiro atoms. The Morgan fingerprint density at radius 1 is 1.52 bits per heavy atom. The molecule has 0 bridgehead atoms. The number of aromatic nitrogens is 1. The van der Waals surface area contributed by atoms with Crippen molar-refractivity contribution in [2.24, 2.45) is 0 Å². The van der Waals surface area contributed by atoms with E-state index in [1.807, 2.05) is 29.2 Å². The number of nitrogens with two attached hydrogens (primary N) is 1. The van der Waals surface area contributed by atoms with Crippen LogP contribution >= 0.6 is 11.3 Å². The van der Waals surface area contributed by atoms with Gasteiger partial charge in [0.25, 0.3) is 5.91 Å². The first-order valence-electron chi connectivity index (χ1n) is 6.85. The van der Waals surface area contributed by atoms with Gasteiger partial charge in [0.1, 0.15) is 11.4 Å². The summed E-state index contributed by atoms with van der Waals surface area (Å²) in [6, 6.07) is 7.97. The maximum Gasteiger partial charge on any atom is 0.273 e. The number of amides is 1. The van der Waals surface area contributed by atoms with Crippen LogP contribution in [-0.4, -0.2) is 29.4 Å². The third-order valence-electron chi connectivity index (χ3n) is 3.73. The molecule has 1 aromatic heterocycles. The summed E-state index contributed by atoms with van der Waals surface area (Å²) < 4.78 is 5.27. The van der Waals surface area contributed by atoms with Crippen LogP contribution in [0.3, 0.4) is 0 Å². The first kappa shape index (κ1) is 13.9. The number of hydrogen-bond donors (Lipinski definition) is 1. The van der Waals surface area contributed by atoms with Crippen molar-refractivity contribution in [1.29, 1.82) is 0 Å². The Balaban J connectivity index is 1.86. The molecule has 1 aromatic carbocycles. The van der Waals surface area contributed by atoms with Gasteiger partial charge >= 0.3 is 0 Å². The lowest BCUT2D eigenvalue weighted by molar-refractivity contribution is 0.0730. The number of ether oxygens (including phenoxy) is 1. The van der Waals surface area contributed by atoms with E-state index in [1.165, 1.54) is 11.3 Å². The van der Waals surface area contributed by atoms with Gasteiger partial charge in [-0.05, 0) is 30.5 Å². The molecule has 1 atom stereocenters. The predicted molar refractivity (Wildman–Crippen MR) is 82.5 cm³/mol. The molecule has 2 heterocycles. The largest absolute Gasteiger partial charge is 0.497 e. The second-order valence-corrected chi connectivity index (χ2v) is 5.89. The van der Waals surface area contributed by atoms with E-state index >= 15 is 0 Å². The van der Waals surface area contributed by atoms with Crippen LogP contribution in [0.5, 0.6) is 5.75 Å². The third-order valence-corrected chi connectivity index (χ3v) is 4.41. The average Bonchev–Trinajstić information content (AvgIpc) is 3.15. The normalized spacial score (nSPS) is 18.0. The molecule has 0 saturated carbocycles. The molecule has 2 aromatic rings. The van der Waals surface area contributed by atoms with Crippen molar-refractivity contribution in [2.75, 3.05) is 19.4 Å². The van der Waals surface area contributed by atoms with E-state index < -0.39 is 0 Å². The van der Waals surface area contributed by atoms with Crippen molar-refractivity contribution in [3.63, 3.8) is 0 Å². The number of carbonyl (C=O) groups excluding carboxylic acids is 1. The molecule has 1 aliphatic rings. The molecule has 1 saturated heterocycles. The van der Waals surface area contributed by atoms with Crippen LogP contribution in [0.25, 0.3) is 0 Å². The van der Waals surface area contributed by atoms with Crippen LogP contribution in [0.4, 0.5) is 5.13 Å². The van der Waals surface area contributed by atoms with E-state index in [9.17, 15) is 4.79 Å². The zero-order valence-corrected chi connectivity index (χ0v) is 12.6. The number of nitrogens with zero attached hydrogens (tertiary/aromatic N) is 2. The molecule has 1 fully saturated rings. The number of benzene rings is 1. The number of thiazole rings is 1. The topological polar surface area (TPSA) is 68.5 Å². The molecule has 0 radical (unpaired) electrons. The summed E-state index contributed by atoms with van der Waals surface area (Å²) in [5.74, 6) is 0.762. The molecule has 1 unspecified atom stereocenters. The molecule has 5 nitrogen and oxygen atoms in total. The zero-order valence-electron chi connectivity index (χ0n) is 11.8. The second kappa shape index (κ2) is 5.73. The monoisotopic (exact) mass is 303 g/mol. The zero-order chi connectivity index (χ0) is 14.8. The SMILES string of the molecule is COc1cccc(C2CCCN2C(=O)c2csc(N)n2)c1. The van der Waals surface area contributed by atoms with E-state index in [-0.39, 0.29) is 11.9 Å². The van der Waals surface area contributed by atoms with Gasteiger partial charge in [0.2, 0.25) is 0 Å². The van der Waals surface area contributed by atoms with Gasteiger partial charge in [-0.25, -0.2) is 4.98 Å². The highest BCUT2D eigenvalue weighted by molar-refractivity contribution is 7.13. The molecule has 2 N–H and O–H groups in total. The minimum atomic E-state index is -0.0479. The van der Waals surface area contributed by atoms with Crippen molar-refractivity contribution in [3.05, 3.63) is 40.9 Å². The van der Waals surface area contributed by atoms with Crippen LogP contribution in [-0.2, 0) is 0 Å². The fraction of sp³-hybridized carbons (Fsp3) is 0.333. The maximum absolute atomic E-state index is 12.6. The summed E-state index contributed by atoms with van der Waals surface area (Å²) in [7, 11) is 1.65. The summed E-state index contributed by atoms with van der Waals surface area (Å²) in [5, 5.41) is 2.15. The first-order valence-corrected chi connectivity index (χ1v) is 7.73. The van der Waals surface area contributed by atoms with Gasteiger partial charge in [-0.1, -0.05) is 12.1 Å². The number of methoxy groups -OCH3 is 1. The summed E-state index contributed by atoms with van der Waals surface area (Å²) in [5.41, 5.74) is 7.16. The van der Waals surface area contributed by atoms with Gasteiger partial charge in [-0.2, -0.15) is 0 Å². The predicted octanol–water partition coefficient (Wildman–Crippen LogP) is 2.71. The number of carbonyl (C=O) groups is 1. The Kier molecular flexibility index (Phi) is 3.79. The summed E-state index contributed by atoms with van der Waals surface area (Å²) in [4.78, 5) is 18.6. The van der Waals surface area contributed by atoms with E-state index in [4.69, 9.17) is 10.5 Å². The minimum Gasteiger partial charge on any atom is -0.497 e.